The van der Waals surface area contributed by atoms with Gasteiger partial charge in [-0.25, -0.2) is 8.42 Å². The van der Waals surface area contributed by atoms with E-state index in [0.29, 0.717) is 12.8 Å². The fourth-order valence-electron chi connectivity index (χ4n) is 1.53. The Morgan fingerprint density at radius 1 is 0.792 bits per heavy atom. The summed E-state index contributed by atoms with van der Waals surface area (Å²) in [5.41, 5.74) is -1.67. The van der Waals surface area contributed by atoms with Crippen LogP contribution in [-0.4, -0.2) is 44.4 Å². The van der Waals surface area contributed by atoms with Gasteiger partial charge in [-0.05, 0) is 40.5 Å². The minimum atomic E-state index is -1.67. The van der Waals surface area contributed by atoms with Crippen LogP contribution in [0.5, 0.6) is 0 Å². The van der Waals surface area contributed by atoms with Gasteiger partial charge in [0, 0.05) is 12.8 Å². The molecule has 0 aromatic rings. The normalized spacial score (nSPS) is 16.0. The number of hydrogen-bond acceptors (Lipinski definition) is 8. The van der Waals surface area contributed by atoms with Crippen molar-refractivity contribution in [3.8, 4) is 0 Å². The summed E-state index contributed by atoms with van der Waals surface area (Å²) in [6.07, 6.45) is 1.04. The molecule has 0 bridgehead atoms. The van der Waals surface area contributed by atoms with Crippen LogP contribution in [0.2, 0.25) is 0 Å². The number of carbonyl (C=O) groups is 2. The largest absolute Gasteiger partial charge is 0.446 e. The van der Waals surface area contributed by atoms with Gasteiger partial charge in [0.05, 0.1) is 13.2 Å². The van der Waals surface area contributed by atoms with E-state index in [2.05, 4.69) is 0 Å². The number of carbonyl (C=O) groups excluding carboxylic acids is 2. The van der Waals surface area contributed by atoms with Crippen LogP contribution in [0.3, 0.4) is 0 Å². The Labute approximate surface area is 147 Å². The van der Waals surface area contributed by atoms with Gasteiger partial charge in [-0.1, -0.05) is 0 Å². The molecule has 10 heteroatoms. The summed E-state index contributed by atoms with van der Waals surface area (Å²) in [5.74, 6) is -1.01. The molecule has 0 heterocycles. The van der Waals surface area contributed by atoms with Crippen molar-refractivity contribution in [2.24, 2.45) is 0 Å². The quantitative estimate of drug-likeness (QED) is 0.348. The summed E-state index contributed by atoms with van der Waals surface area (Å²) in [5, 5.41) is 0. The summed E-state index contributed by atoms with van der Waals surface area (Å²) >= 11 is -3.34. The third-order valence-corrected chi connectivity index (χ3v) is 4.83. The monoisotopic (exact) mass is 386 g/mol. The second-order valence-electron chi connectivity index (χ2n) is 4.66. The SMILES string of the molecule is CCOS(=O)C(C)OC(=O)CCCCC(=O)OC(C)S(=O)OCC. The van der Waals surface area contributed by atoms with Gasteiger partial charge in [-0.15, -0.1) is 0 Å². The van der Waals surface area contributed by atoms with E-state index in [1.807, 2.05) is 0 Å². The first kappa shape index (κ1) is 23.2. The van der Waals surface area contributed by atoms with Gasteiger partial charge in [-0.2, -0.15) is 0 Å². The van der Waals surface area contributed by atoms with E-state index in [4.69, 9.17) is 17.8 Å². The topological polar surface area (TPSA) is 105 Å². The Morgan fingerprint density at radius 3 is 1.42 bits per heavy atom. The third kappa shape index (κ3) is 10.8. The van der Waals surface area contributed by atoms with Crippen LogP contribution in [0.15, 0.2) is 0 Å². The summed E-state index contributed by atoms with van der Waals surface area (Å²) < 4.78 is 42.4. The van der Waals surface area contributed by atoms with Crippen molar-refractivity contribution >= 4 is 34.1 Å². The molecule has 0 saturated carbocycles. The van der Waals surface area contributed by atoms with Crippen molar-refractivity contribution in [2.75, 3.05) is 13.2 Å². The van der Waals surface area contributed by atoms with E-state index in [0.717, 1.165) is 0 Å². The predicted octanol–water partition coefficient (Wildman–Crippen LogP) is 1.73. The molecule has 0 aliphatic rings. The summed E-state index contributed by atoms with van der Waals surface area (Å²) in [6, 6.07) is 0. The highest BCUT2D eigenvalue weighted by atomic mass is 32.2. The molecule has 0 aliphatic heterocycles. The summed E-state index contributed by atoms with van der Waals surface area (Å²) in [4.78, 5) is 23.1. The van der Waals surface area contributed by atoms with Gasteiger partial charge >= 0.3 is 11.9 Å². The molecule has 24 heavy (non-hydrogen) atoms. The molecule has 0 amide bonds. The Bertz CT molecular complexity index is 400. The van der Waals surface area contributed by atoms with Crippen LogP contribution in [-0.2, 0) is 49.6 Å². The molecule has 0 N–H and O–H groups in total. The Balaban J connectivity index is 3.88. The highest BCUT2D eigenvalue weighted by Gasteiger charge is 2.18. The first-order chi connectivity index (χ1) is 11.3. The van der Waals surface area contributed by atoms with Gasteiger partial charge in [-0.3, -0.25) is 18.0 Å². The van der Waals surface area contributed by atoms with E-state index in [1.165, 1.54) is 13.8 Å². The van der Waals surface area contributed by atoms with Crippen molar-refractivity contribution < 1.29 is 35.8 Å². The molecule has 0 rings (SSSR count). The fraction of sp³-hybridized carbons (Fsp3) is 0.857. The Morgan fingerprint density at radius 2 is 1.12 bits per heavy atom. The van der Waals surface area contributed by atoms with E-state index < -0.39 is 45.0 Å². The number of rotatable bonds is 13. The van der Waals surface area contributed by atoms with Gasteiger partial charge in [0.1, 0.15) is 0 Å². The van der Waals surface area contributed by atoms with E-state index >= 15 is 0 Å². The number of unbranched alkanes of at least 4 members (excludes halogenated alkanes) is 1. The van der Waals surface area contributed by atoms with Gasteiger partial charge in [0.15, 0.2) is 33.0 Å². The number of esters is 2. The molecule has 4 unspecified atom stereocenters. The van der Waals surface area contributed by atoms with Crippen molar-refractivity contribution in [1.82, 2.24) is 0 Å². The second kappa shape index (κ2) is 13.5. The molecule has 0 fully saturated rings. The molecular formula is C14H26O8S2. The Hall–Kier alpha value is -0.840. The molecular weight excluding hydrogens is 360 g/mol. The van der Waals surface area contributed by atoms with Crippen LogP contribution >= 0.6 is 0 Å². The van der Waals surface area contributed by atoms with Crippen molar-refractivity contribution in [1.29, 1.82) is 0 Å². The average molecular weight is 386 g/mol. The van der Waals surface area contributed by atoms with Crippen molar-refractivity contribution in [3.05, 3.63) is 0 Å². The maximum absolute atomic E-state index is 11.6. The second-order valence-corrected chi connectivity index (χ2v) is 7.50. The molecule has 4 atom stereocenters. The Kier molecular flexibility index (Phi) is 13.0. The molecule has 0 radical (unpaired) electrons. The maximum Gasteiger partial charge on any atom is 0.307 e. The van der Waals surface area contributed by atoms with E-state index in [-0.39, 0.29) is 26.1 Å². The molecule has 8 nitrogen and oxygen atoms in total. The lowest BCUT2D eigenvalue weighted by atomic mass is 10.2. The lowest BCUT2D eigenvalue weighted by Crippen LogP contribution is -2.22. The molecule has 0 aliphatic carbocycles. The minimum absolute atomic E-state index is 0.0986. The minimum Gasteiger partial charge on any atom is -0.446 e. The lowest BCUT2D eigenvalue weighted by molar-refractivity contribution is -0.147. The smallest absolute Gasteiger partial charge is 0.307 e. The van der Waals surface area contributed by atoms with Crippen LogP contribution in [0.4, 0.5) is 0 Å². The highest BCUT2D eigenvalue weighted by Crippen LogP contribution is 2.08. The average Bonchev–Trinajstić information content (AvgIpc) is 2.51. The standard InChI is InChI=1S/C14H26O8S2/c1-5-19-23(17)11(3)21-13(15)9-7-8-10-14(16)22-12(4)24(18)20-6-2/h11-12H,5-10H2,1-4H3. The zero-order valence-corrected chi connectivity index (χ0v) is 16.1. The van der Waals surface area contributed by atoms with Crippen LogP contribution in [0, 0.1) is 0 Å². The summed E-state index contributed by atoms with van der Waals surface area (Å²) in [6.45, 7) is 6.89. The molecule has 0 spiro atoms. The zero-order chi connectivity index (χ0) is 18.5. The molecule has 142 valence electrons. The van der Waals surface area contributed by atoms with Crippen LogP contribution < -0.4 is 0 Å². The molecule has 0 aromatic carbocycles. The molecule has 0 aromatic heterocycles. The first-order valence-electron chi connectivity index (χ1n) is 7.78. The number of ether oxygens (including phenoxy) is 2. The fourth-order valence-corrected chi connectivity index (χ4v) is 2.75. The van der Waals surface area contributed by atoms with Gasteiger partial charge in [0.25, 0.3) is 0 Å². The van der Waals surface area contributed by atoms with E-state index in [1.54, 1.807) is 13.8 Å². The first-order valence-corrected chi connectivity index (χ1v) is 10.1. The maximum atomic E-state index is 11.6. The van der Waals surface area contributed by atoms with E-state index in [9.17, 15) is 18.0 Å². The molecule has 0 saturated heterocycles. The zero-order valence-electron chi connectivity index (χ0n) is 14.5. The van der Waals surface area contributed by atoms with Crippen molar-refractivity contribution in [3.63, 3.8) is 0 Å². The highest BCUT2D eigenvalue weighted by molar-refractivity contribution is 7.80. The third-order valence-electron chi connectivity index (χ3n) is 2.62. The lowest BCUT2D eigenvalue weighted by Gasteiger charge is -2.12. The van der Waals surface area contributed by atoms with Gasteiger partial charge < -0.3 is 9.47 Å². The van der Waals surface area contributed by atoms with Crippen molar-refractivity contribution in [2.45, 2.75) is 64.3 Å². The number of hydrogen-bond donors (Lipinski definition) is 0. The van der Waals surface area contributed by atoms with Crippen LogP contribution in [0.25, 0.3) is 0 Å². The summed E-state index contributed by atoms with van der Waals surface area (Å²) in [7, 11) is 0. The van der Waals surface area contributed by atoms with Crippen LogP contribution in [0.1, 0.15) is 53.4 Å². The van der Waals surface area contributed by atoms with Gasteiger partial charge in [0.2, 0.25) is 0 Å². The predicted molar refractivity (Wildman–Crippen MR) is 89.1 cm³/mol.